The predicted molar refractivity (Wildman–Crippen MR) is 73.0 cm³/mol. The van der Waals surface area contributed by atoms with Crippen molar-refractivity contribution in [2.75, 3.05) is 7.05 Å². The van der Waals surface area contributed by atoms with Gasteiger partial charge in [-0.3, -0.25) is 15.0 Å². The number of urea groups is 1. The Labute approximate surface area is 112 Å². The van der Waals surface area contributed by atoms with Gasteiger partial charge in [-0.1, -0.05) is 24.3 Å². The molecule has 5 N–H and O–H groups in total. The Bertz CT molecular complexity index is 462. The molecule has 0 spiro atoms. The van der Waals surface area contributed by atoms with Gasteiger partial charge >= 0.3 is 6.03 Å². The van der Waals surface area contributed by atoms with Crippen LogP contribution >= 0.6 is 0 Å². The molecule has 3 amide bonds. The number of nitrogens with zero attached hydrogens (tertiary/aromatic N) is 1. The fourth-order valence-corrected chi connectivity index (χ4v) is 1.71. The van der Waals surface area contributed by atoms with Gasteiger partial charge in [-0.05, 0) is 25.1 Å². The van der Waals surface area contributed by atoms with Crippen LogP contribution in [-0.4, -0.2) is 29.9 Å². The number of nitrogens with two attached hydrogens (primary N) is 2. The lowest BCUT2D eigenvalue weighted by Crippen LogP contribution is -2.46. The molecule has 1 aromatic rings. The molecular weight excluding hydrogens is 244 g/mol. The van der Waals surface area contributed by atoms with Gasteiger partial charge in [-0.25, -0.2) is 4.79 Å². The van der Waals surface area contributed by atoms with Gasteiger partial charge in [-0.15, -0.1) is 0 Å². The van der Waals surface area contributed by atoms with Crippen molar-refractivity contribution < 1.29 is 9.59 Å². The van der Waals surface area contributed by atoms with Crippen molar-refractivity contribution in [2.24, 2.45) is 11.5 Å². The zero-order chi connectivity index (χ0) is 14.4. The minimum absolute atomic E-state index is 0.412. The van der Waals surface area contributed by atoms with Crippen LogP contribution in [0.25, 0.3) is 0 Å². The topological polar surface area (TPSA) is 101 Å². The lowest BCUT2D eigenvalue weighted by atomic mass is 10.1. The van der Waals surface area contributed by atoms with Crippen molar-refractivity contribution in [1.29, 1.82) is 0 Å². The number of nitrogens with one attached hydrogen (secondary N) is 1. The molecule has 1 aromatic carbocycles. The summed E-state index contributed by atoms with van der Waals surface area (Å²) in [6, 6.07) is 6.56. The number of hydrogen-bond acceptors (Lipinski definition) is 4. The summed E-state index contributed by atoms with van der Waals surface area (Å²) in [5.41, 5.74) is 12.6. The summed E-state index contributed by atoms with van der Waals surface area (Å²) in [5, 5.41) is 2.07. The second kappa shape index (κ2) is 6.86. The summed E-state index contributed by atoms with van der Waals surface area (Å²) in [7, 11) is 1.81. The standard InChI is InChI=1S/C13H20N4O2/c1-9(12(18)16-13(15)19)17(2)8-11-5-3-4-10(6-11)7-14/h3-6,9H,7-8,14H2,1-2H3,(H3,15,16,18,19). The fourth-order valence-electron chi connectivity index (χ4n) is 1.71. The number of likely N-dealkylation sites (N-methyl/N-ethyl adjacent to an activating group) is 1. The zero-order valence-electron chi connectivity index (χ0n) is 11.2. The number of carbonyl (C=O) groups is 2. The number of hydrogen-bond donors (Lipinski definition) is 3. The van der Waals surface area contributed by atoms with Crippen LogP contribution in [0.15, 0.2) is 24.3 Å². The van der Waals surface area contributed by atoms with E-state index in [9.17, 15) is 9.59 Å². The molecule has 6 heteroatoms. The first-order valence-electron chi connectivity index (χ1n) is 6.02. The Morgan fingerprint density at radius 1 is 1.37 bits per heavy atom. The largest absolute Gasteiger partial charge is 0.351 e. The molecule has 6 nitrogen and oxygen atoms in total. The average Bonchev–Trinajstić information content (AvgIpc) is 2.37. The molecule has 0 aromatic heterocycles. The van der Waals surface area contributed by atoms with Crippen molar-refractivity contribution in [3.05, 3.63) is 35.4 Å². The molecular formula is C13H20N4O2. The maximum atomic E-state index is 11.6. The molecule has 0 saturated carbocycles. The maximum Gasteiger partial charge on any atom is 0.318 e. The van der Waals surface area contributed by atoms with E-state index >= 15 is 0 Å². The maximum absolute atomic E-state index is 11.6. The fraction of sp³-hybridized carbons (Fsp3) is 0.385. The second-order valence-corrected chi connectivity index (χ2v) is 4.47. The Hall–Kier alpha value is -1.92. The third-order valence-corrected chi connectivity index (χ3v) is 2.95. The highest BCUT2D eigenvalue weighted by Crippen LogP contribution is 2.09. The van der Waals surface area contributed by atoms with Gasteiger partial charge < -0.3 is 11.5 Å². The summed E-state index contributed by atoms with van der Waals surface area (Å²) in [5.74, 6) is -0.412. The number of primary amides is 1. The van der Waals surface area contributed by atoms with Crippen LogP contribution in [0.1, 0.15) is 18.1 Å². The number of amides is 3. The molecule has 1 rings (SSSR count). The smallest absolute Gasteiger partial charge is 0.318 e. The highest BCUT2D eigenvalue weighted by atomic mass is 16.2. The summed E-state index contributed by atoms with van der Waals surface area (Å²) in [4.78, 5) is 24.1. The van der Waals surface area contributed by atoms with E-state index in [0.717, 1.165) is 11.1 Å². The monoisotopic (exact) mass is 264 g/mol. The van der Waals surface area contributed by atoms with Crippen LogP contribution in [-0.2, 0) is 17.9 Å². The molecule has 0 saturated heterocycles. The van der Waals surface area contributed by atoms with Gasteiger partial charge in [0.2, 0.25) is 5.91 Å². The quantitative estimate of drug-likeness (QED) is 0.705. The highest BCUT2D eigenvalue weighted by Gasteiger charge is 2.19. The minimum atomic E-state index is -0.838. The summed E-state index contributed by atoms with van der Waals surface area (Å²) in [6.45, 7) is 2.78. The van der Waals surface area contributed by atoms with Crippen molar-refractivity contribution in [3.8, 4) is 0 Å². The lowest BCUT2D eigenvalue weighted by molar-refractivity contribution is -0.124. The average molecular weight is 264 g/mol. The van der Waals surface area contributed by atoms with E-state index in [1.807, 2.05) is 29.2 Å². The molecule has 1 unspecified atom stereocenters. The number of benzene rings is 1. The van der Waals surface area contributed by atoms with Crippen molar-refractivity contribution in [3.63, 3.8) is 0 Å². The Balaban J connectivity index is 2.65. The molecule has 104 valence electrons. The summed E-state index contributed by atoms with van der Waals surface area (Å²) < 4.78 is 0. The molecule has 0 aliphatic rings. The first kappa shape index (κ1) is 15.1. The Kier molecular flexibility index (Phi) is 5.47. The van der Waals surface area contributed by atoms with Crippen molar-refractivity contribution >= 4 is 11.9 Å². The zero-order valence-corrected chi connectivity index (χ0v) is 11.2. The van der Waals surface area contributed by atoms with Crippen LogP contribution in [0.2, 0.25) is 0 Å². The van der Waals surface area contributed by atoms with Crippen LogP contribution in [0, 0.1) is 0 Å². The summed E-state index contributed by atoms with van der Waals surface area (Å²) in [6.07, 6.45) is 0. The van der Waals surface area contributed by atoms with Crippen LogP contribution < -0.4 is 16.8 Å². The second-order valence-electron chi connectivity index (χ2n) is 4.47. The van der Waals surface area contributed by atoms with Gasteiger partial charge in [0.15, 0.2) is 0 Å². The third-order valence-electron chi connectivity index (χ3n) is 2.95. The van der Waals surface area contributed by atoms with Crippen molar-refractivity contribution in [1.82, 2.24) is 10.2 Å². The van der Waals surface area contributed by atoms with Gasteiger partial charge in [0.1, 0.15) is 0 Å². The molecule has 0 aliphatic heterocycles. The molecule has 0 fully saturated rings. The highest BCUT2D eigenvalue weighted by molar-refractivity contribution is 5.96. The molecule has 0 bridgehead atoms. The normalized spacial score (nSPS) is 12.2. The van der Waals surface area contributed by atoms with Crippen molar-refractivity contribution in [2.45, 2.75) is 26.1 Å². The Morgan fingerprint density at radius 3 is 2.58 bits per heavy atom. The van der Waals surface area contributed by atoms with Gasteiger partial charge in [-0.2, -0.15) is 0 Å². The SMILES string of the molecule is CC(C(=O)NC(N)=O)N(C)Cc1cccc(CN)c1. The molecule has 0 heterocycles. The van der Waals surface area contributed by atoms with Gasteiger partial charge in [0.25, 0.3) is 0 Å². The number of imide groups is 1. The number of carbonyl (C=O) groups excluding carboxylic acids is 2. The first-order valence-corrected chi connectivity index (χ1v) is 6.02. The summed E-state index contributed by atoms with van der Waals surface area (Å²) >= 11 is 0. The van der Waals surface area contributed by atoms with E-state index in [0.29, 0.717) is 13.1 Å². The van der Waals surface area contributed by atoms with E-state index in [-0.39, 0.29) is 0 Å². The van der Waals surface area contributed by atoms with E-state index < -0.39 is 18.0 Å². The molecule has 0 radical (unpaired) electrons. The van der Waals surface area contributed by atoms with Crippen LogP contribution in [0.3, 0.4) is 0 Å². The van der Waals surface area contributed by atoms with E-state index in [1.54, 1.807) is 14.0 Å². The third kappa shape index (κ3) is 4.69. The first-order chi connectivity index (χ1) is 8.93. The Morgan fingerprint density at radius 2 is 2.00 bits per heavy atom. The van der Waals surface area contributed by atoms with Gasteiger partial charge in [0.05, 0.1) is 6.04 Å². The van der Waals surface area contributed by atoms with Crippen LogP contribution in [0.4, 0.5) is 4.79 Å². The lowest BCUT2D eigenvalue weighted by Gasteiger charge is -2.23. The van der Waals surface area contributed by atoms with E-state index in [1.165, 1.54) is 0 Å². The van der Waals surface area contributed by atoms with E-state index in [2.05, 4.69) is 5.32 Å². The predicted octanol–water partition coefficient (Wildman–Crippen LogP) is 0.161. The molecule has 1 atom stereocenters. The van der Waals surface area contributed by atoms with Gasteiger partial charge in [0, 0.05) is 13.1 Å². The molecule has 19 heavy (non-hydrogen) atoms. The molecule has 0 aliphatic carbocycles. The minimum Gasteiger partial charge on any atom is -0.351 e. The number of rotatable bonds is 5. The van der Waals surface area contributed by atoms with E-state index in [4.69, 9.17) is 11.5 Å². The van der Waals surface area contributed by atoms with Crippen LogP contribution in [0.5, 0.6) is 0 Å².